The van der Waals surface area contributed by atoms with Gasteiger partial charge in [-0.1, -0.05) is 59.1 Å². The van der Waals surface area contributed by atoms with E-state index >= 15 is 0 Å². The summed E-state index contributed by atoms with van der Waals surface area (Å²) in [6.45, 7) is 10.2. The highest BCUT2D eigenvalue weighted by molar-refractivity contribution is 5.89. The van der Waals surface area contributed by atoms with E-state index in [9.17, 15) is 10.1 Å². The Morgan fingerprint density at radius 2 is 1.65 bits per heavy atom. The summed E-state index contributed by atoms with van der Waals surface area (Å²) >= 11 is 0. The van der Waals surface area contributed by atoms with Crippen LogP contribution in [0, 0.1) is 23.2 Å². The minimum Gasteiger partial charge on any atom is -0.355 e. The van der Waals surface area contributed by atoms with Crippen molar-refractivity contribution < 1.29 is 4.79 Å². The minimum atomic E-state index is -0.976. The average molecular weight is 422 g/mol. The molecule has 1 fully saturated rings. The van der Waals surface area contributed by atoms with Crippen molar-refractivity contribution in [1.82, 2.24) is 15.3 Å². The van der Waals surface area contributed by atoms with Crippen LogP contribution < -0.4 is 10.2 Å². The number of nitrogens with zero attached hydrogens (tertiary/aromatic N) is 4. The zero-order chi connectivity index (χ0) is 22.4. The molecule has 0 spiro atoms. The van der Waals surface area contributed by atoms with E-state index in [0.29, 0.717) is 28.9 Å². The van der Waals surface area contributed by atoms with Gasteiger partial charge < -0.3 is 10.2 Å². The van der Waals surface area contributed by atoms with Gasteiger partial charge in [0.05, 0.1) is 17.1 Å². The van der Waals surface area contributed by atoms with Crippen molar-refractivity contribution in [3.05, 3.63) is 30.0 Å². The average Bonchev–Trinajstić information content (AvgIpc) is 2.73. The maximum absolute atomic E-state index is 13.2. The second kappa shape index (κ2) is 10.6. The Kier molecular flexibility index (Phi) is 7.84. The summed E-state index contributed by atoms with van der Waals surface area (Å²) < 4.78 is 0. The molecule has 0 bridgehead atoms. The van der Waals surface area contributed by atoms with Gasteiger partial charge in [0.2, 0.25) is 5.91 Å². The molecule has 1 amide bonds. The molecule has 1 saturated carbocycles. The van der Waals surface area contributed by atoms with E-state index in [2.05, 4.69) is 44.0 Å². The molecule has 0 unspecified atom stereocenters. The van der Waals surface area contributed by atoms with E-state index in [1.807, 2.05) is 24.3 Å². The van der Waals surface area contributed by atoms with Crippen molar-refractivity contribution >= 4 is 22.8 Å². The molecule has 1 heterocycles. The van der Waals surface area contributed by atoms with Crippen molar-refractivity contribution in [2.75, 3.05) is 18.0 Å². The molecule has 0 saturated heterocycles. The Bertz CT molecular complexity index is 917. The molecule has 1 aliphatic carbocycles. The van der Waals surface area contributed by atoms with E-state index in [0.717, 1.165) is 44.3 Å². The molecule has 6 nitrogen and oxygen atoms in total. The van der Waals surface area contributed by atoms with Gasteiger partial charge in [-0.25, -0.2) is 9.97 Å². The lowest BCUT2D eigenvalue weighted by molar-refractivity contribution is -0.122. The number of anilines is 1. The SMILES string of the molecule is CC(C)CN(CC(C)C)c1nc2ccccc2nc1[C@@H](C#N)C(=O)NC1CCCCC1. The number of carbonyl (C=O) groups excluding carboxylic acids is 1. The highest BCUT2D eigenvalue weighted by Crippen LogP contribution is 2.29. The molecular weight excluding hydrogens is 386 g/mol. The quantitative estimate of drug-likeness (QED) is 0.662. The maximum Gasteiger partial charge on any atom is 0.243 e. The van der Waals surface area contributed by atoms with Crippen LogP contribution in [-0.4, -0.2) is 35.0 Å². The number of hydrogen-bond acceptors (Lipinski definition) is 5. The van der Waals surface area contributed by atoms with E-state index in [-0.39, 0.29) is 11.9 Å². The number of nitrogens with one attached hydrogen (secondary N) is 1. The van der Waals surface area contributed by atoms with Crippen LogP contribution in [0.25, 0.3) is 11.0 Å². The van der Waals surface area contributed by atoms with Crippen LogP contribution >= 0.6 is 0 Å². The smallest absolute Gasteiger partial charge is 0.243 e. The lowest BCUT2D eigenvalue weighted by Crippen LogP contribution is -2.40. The molecule has 31 heavy (non-hydrogen) atoms. The van der Waals surface area contributed by atoms with Crippen molar-refractivity contribution in [1.29, 1.82) is 5.26 Å². The summed E-state index contributed by atoms with van der Waals surface area (Å²) in [6.07, 6.45) is 5.42. The third-order valence-corrected chi connectivity index (χ3v) is 5.66. The Morgan fingerprint density at radius 1 is 1.06 bits per heavy atom. The normalized spacial score (nSPS) is 15.8. The van der Waals surface area contributed by atoms with Gasteiger partial charge >= 0.3 is 0 Å². The number of hydrogen-bond donors (Lipinski definition) is 1. The topological polar surface area (TPSA) is 81.9 Å². The Hall–Kier alpha value is -2.68. The van der Waals surface area contributed by atoms with Gasteiger partial charge in [-0.3, -0.25) is 4.79 Å². The fraction of sp³-hybridized carbons (Fsp3) is 0.600. The minimum absolute atomic E-state index is 0.149. The zero-order valence-corrected chi connectivity index (χ0v) is 19.3. The van der Waals surface area contributed by atoms with E-state index in [1.54, 1.807) is 0 Å². The first-order chi connectivity index (χ1) is 14.9. The molecule has 1 N–H and O–H groups in total. The predicted octanol–water partition coefficient (Wildman–Crippen LogP) is 4.80. The molecule has 6 heteroatoms. The number of nitriles is 1. The lowest BCUT2D eigenvalue weighted by Gasteiger charge is -2.30. The van der Waals surface area contributed by atoms with Crippen LogP contribution in [0.1, 0.15) is 71.4 Å². The summed E-state index contributed by atoms with van der Waals surface area (Å²) in [5.41, 5.74) is 1.96. The number of amides is 1. The number of benzene rings is 1. The summed E-state index contributed by atoms with van der Waals surface area (Å²) in [5.74, 6) is 0.254. The number of rotatable bonds is 8. The third kappa shape index (κ3) is 5.94. The van der Waals surface area contributed by atoms with Crippen LogP contribution in [0.3, 0.4) is 0 Å². The first kappa shape index (κ1) is 23.0. The lowest BCUT2D eigenvalue weighted by atomic mass is 9.94. The van der Waals surface area contributed by atoms with Gasteiger partial charge in [0, 0.05) is 19.1 Å². The molecule has 1 atom stereocenters. The standard InChI is InChI=1S/C25H35N5O/c1-17(2)15-30(16-18(3)4)24-23(28-21-12-8-9-13-22(21)29-24)20(14-26)25(31)27-19-10-6-5-7-11-19/h8-9,12-13,17-20H,5-7,10-11,15-16H2,1-4H3,(H,27,31)/t20-/m1/s1. The van der Waals surface area contributed by atoms with Gasteiger partial charge in [0.15, 0.2) is 11.7 Å². The van der Waals surface area contributed by atoms with Crippen molar-refractivity contribution in [2.45, 2.75) is 71.8 Å². The van der Waals surface area contributed by atoms with Crippen LogP contribution in [0.15, 0.2) is 24.3 Å². The first-order valence-electron chi connectivity index (χ1n) is 11.6. The van der Waals surface area contributed by atoms with Crippen LogP contribution in [0.5, 0.6) is 0 Å². The Morgan fingerprint density at radius 3 is 2.19 bits per heavy atom. The summed E-state index contributed by atoms with van der Waals surface area (Å²) in [4.78, 5) is 25.1. The number of aromatic nitrogens is 2. The highest BCUT2D eigenvalue weighted by Gasteiger charge is 2.30. The zero-order valence-electron chi connectivity index (χ0n) is 19.3. The molecule has 1 aliphatic rings. The van der Waals surface area contributed by atoms with Crippen LogP contribution in [-0.2, 0) is 4.79 Å². The van der Waals surface area contributed by atoms with Gasteiger partial charge in [-0.2, -0.15) is 5.26 Å². The van der Waals surface area contributed by atoms with Gasteiger partial charge in [0.1, 0.15) is 5.69 Å². The fourth-order valence-corrected chi connectivity index (χ4v) is 4.34. The highest BCUT2D eigenvalue weighted by atomic mass is 16.2. The molecule has 0 aliphatic heterocycles. The summed E-state index contributed by atoms with van der Waals surface area (Å²) in [7, 11) is 0. The number of fused-ring (bicyclic) bond motifs is 1. The van der Waals surface area contributed by atoms with Crippen molar-refractivity contribution in [3.63, 3.8) is 0 Å². The Balaban J connectivity index is 2.03. The van der Waals surface area contributed by atoms with Crippen LogP contribution in [0.4, 0.5) is 5.82 Å². The molecule has 166 valence electrons. The van der Waals surface area contributed by atoms with E-state index in [1.165, 1.54) is 6.42 Å². The summed E-state index contributed by atoms with van der Waals surface area (Å²) in [6, 6.07) is 10.0. The molecule has 3 rings (SSSR count). The molecule has 0 radical (unpaired) electrons. The monoisotopic (exact) mass is 421 g/mol. The fourth-order valence-electron chi connectivity index (χ4n) is 4.34. The van der Waals surface area contributed by atoms with Crippen molar-refractivity contribution in [3.8, 4) is 6.07 Å². The third-order valence-electron chi connectivity index (χ3n) is 5.66. The van der Waals surface area contributed by atoms with E-state index in [4.69, 9.17) is 9.97 Å². The van der Waals surface area contributed by atoms with Gasteiger partial charge in [-0.15, -0.1) is 0 Å². The first-order valence-corrected chi connectivity index (χ1v) is 11.6. The Labute approximate surface area is 186 Å². The number of para-hydroxylation sites is 2. The molecule has 1 aromatic heterocycles. The largest absolute Gasteiger partial charge is 0.355 e. The van der Waals surface area contributed by atoms with E-state index < -0.39 is 5.92 Å². The number of carbonyl (C=O) groups is 1. The molecule has 1 aromatic carbocycles. The van der Waals surface area contributed by atoms with Gasteiger partial charge in [-0.05, 0) is 36.8 Å². The maximum atomic E-state index is 13.2. The predicted molar refractivity (Wildman–Crippen MR) is 125 cm³/mol. The van der Waals surface area contributed by atoms with Crippen LogP contribution in [0.2, 0.25) is 0 Å². The molecule has 2 aromatic rings. The van der Waals surface area contributed by atoms with Crippen molar-refractivity contribution in [2.24, 2.45) is 11.8 Å². The van der Waals surface area contributed by atoms with Gasteiger partial charge in [0.25, 0.3) is 0 Å². The summed E-state index contributed by atoms with van der Waals surface area (Å²) in [5, 5.41) is 13.1. The molecular formula is C25H35N5O. The second-order valence-corrected chi connectivity index (χ2v) is 9.52. The second-order valence-electron chi connectivity index (χ2n) is 9.52.